The Morgan fingerprint density at radius 2 is 1.79 bits per heavy atom. The van der Waals surface area contributed by atoms with Crippen molar-refractivity contribution in [3.63, 3.8) is 0 Å². The molecule has 0 rings (SSSR count). The maximum Gasteiger partial charge on any atom is 0.291 e. The molecule has 14 heavy (non-hydrogen) atoms. The molecule has 0 saturated heterocycles. The third-order valence-electron chi connectivity index (χ3n) is 1.28. The second-order valence-electron chi connectivity index (χ2n) is 2.54. The zero-order valence-electron chi connectivity index (χ0n) is 8.57. The smallest absolute Gasteiger partial charge is 0.291 e. The maximum absolute atomic E-state index is 8.67. The van der Waals surface area contributed by atoms with Crippen molar-refractivity contribution in [1.82, 2.24) is 10.6 Å². The molecule has 0 spiro atoms. The van der Waals surface area contributed by atoms with Gasteiger partial charge < -0.3 is 5.21 Å². The van der Waals surface area contributed by atoms with Crippen molar-refractivity contribution >= 4 is 0 Å². The Kier molecular flexibility index (Phi) is 8.86. The van der Waals surface area contributed by atoms with Crippen LogP contribution in [0.5, 0.6) is 0 Å². The molecular weight excluding hydrogens is 188 g/mol. The highest BCUT2D eigenvalue weighted by Gasteiger charge is 2.19. The van der Waals surface area contributed by atoms with Crippen LogP contribution in [-0.4, -0.2) is 29.0 Å². The summed E-state index contributed by atoms with van der Waals surface area (Å²) in [4.78, 5) is 8.36. The van der Waals surface area contributed by atoms with Crippen molar-refractivity contribution in [2.75, 3.05) is 13.1 Å². The fraction of sp³-hybridized carbons (Fsp3) is 0.857. The van der Waals surface area contributed by atoms with Gasteiger partial charge in [-0.25, -0.2) is 0 Å². The average molecular weight is 204 g/mol. The summed E-state index contributed by atoms with van der Waals surface area (Å²) >= 11 is 0. The van der Waals surface area contributed by atoms with Crippen LogP contribution in [0.15, 0.2) is 0 Å². The first kappa shape index (κ1) is 15.1. The molecule has 0 heterocycles. The molecule has 0 aromatic carbocycles. The largest absolute Gasteiger partial charge is 0.328 e. The first-order valence-electron chi connectivity index (χ1n) is 4.16. The van der Waals surface area contributed by atoms with Crippen molar-refractivity contribution < 1.29 is 10.3 Å². The second-order valence-corrected chi connectivity index (χ2v) is 2.54. The molecular formula is C7H16N4O3. The van der Waals surface area contributed by atoms with Crippen LogP contribution in [0, 0.1) is 21.4 Å². The first-order valence-corrected chi connectivity index (χ1v) is 4.16. The second kappa shape index (κ2) is 8.22. The third-order valence-corrected chi connectivity index (χ3v) is 1.28. The van der Waals surface area contributed by atoms with Crippen LogP contribution in [0.4, 0.5) is 0 Å². The molecule has 7 nitrogen and oxygen atoms in total. The van der Waals surface area contributed by atoms with E-state index in [2.05, 4.69) is 16.7 Å². The number of nitriles is 1. The molecule has 0 saturated carbocycles. The van der Waals surface area contributed by atoms with Crippen LogP contribution in [0.25, 0.3) is 0 Å². The highest BCUT2D eigenvalue weighted by atomic mass is 16.9. The lowest BCUT2D eigenvalue weighted by Crippen LogP contribution is -2.53. The summed E-state index contributed by atoms with van der Waals surface area (Å²) in [6, 6.07) is 2.16. The highest BCUT2D eigenvalue weighted by molar-refractivity contribution is 5.00. The van der Waals surface area contributed by atoms with Gasteiger partial charge in [-0.1, -0.05) is 13.8 Å². The van der Waals surface area contributed by atoms with Gasteiger partial charge in [0.05, 0.1) is 0 Å². The van der Waals surface area contributed by atoms with E-state index in [1.54, 1.807) is 0 Å². The molecule has 7 heteroatoms. The number of hydrogen-bond donors (Lipinski definition) is 3. The predicted molar refractivity (Wildman–Crippen MR) is 50.2 cm³/mol. The topological polar surface area (TPSA) is 111 Å². The lowest BCUT2D eigenvalue weighted by molar-refractivity contribution is -0.742. The van der Waals surface area contributed by atoms with Crippen molar-refractivity contribution in [2.45, 2.75) is 26.4 Å². The van der Waals surface area contributed by atoms with Crippen molar-refractivity contribution in [1.29, 1.82) is 5.26 Å². The van der Waals surface area contributed by atoms with Crippen LogP contribution in [0.3, 0.4) is 0 Å². The fourth-order valence-corrected chi connectivity index (χ4v) is 0.849. The molecule has 82 valence electrons. The number of rotatable bonds is 4. The highest BCUT2D eigenvalue weighted by Crippen LogP contribution is 1.93. The van der Waals surface area contributed by atoms with Crippen molar-refractivity contribution in [3.8, 4) is 6.07 Å². The van der Waals surface area contributed by atoms with Gasteiger partial charge in [0, 0.05) is 0 Å². The van der Waals surface area contributed by atoms with Crippen LogP contribution in [0.1, 0.15) is 20.8 Å². The Labute approximate surface area is 82.8 Å². The molecule has 0 aliphatic carbocycles. The quantitative estimate of drug-likeness (QED) is 0.340. The summed E-state index contributed by atoms with van der Waals surface area (Å²) in [5.74, 6) is 0. The summed E-state index contributed by atoms with van der Waals surface area (Å²) in [5.41, 5.74) is -0.552. The van der Waals surface area contributed by atoms with Gasteiger partial charge in [0.1, 0.15) is 6.07 Å². The van der Waals surface area contributed by atoms with Gasteiger partial charge in [-0.3, -0.25) is 10.6 Å². The fourth-order valence-electron chi connectivity index (χ4n) is 0.849. The van der Waals surface area contributed by atoms with Crippen LogP contribution < -0.4 is 10.6 Å². The minimum absolute atomic E-state index is 0.552. The van der Waals surface area contributed by atoms with E-state index >= 15 is 0 Å². The Morgan fingerprint density at radius 3 is 1.93 bits per heavy atom. The number of nitrogens with one attached hydrogen (secondary N) is 2. The normalized spacial score (nSPS) is 9.57. The Bertz CT molecular complexity index is 192. The molecule has 3 N–H and O–H groups in total. The molecule has 0 bridgehead atoms. The minimum atomic E-state index is -1.50. The molecule has 0 amide bonds. The Hall–Kier alpha value is -1.39. The van der Waals surface area contributed by atoms with E-state index in [0.717, 1.165) is 13.1 Å². The summed E-state index contributed by atoms with van der Waals surface area (Å²) < 4.78 is 0. The SMILES string of the molecule is CCNC(C)(C#N)NCC.O=[N+]([O-])O. The van der Waals surface area contributed by atoms with Crippen molar-refractivity contribution in [2.24, 2.45) is 0 Å². The third kappa shape index (κ3) is 10.6. The van der Waals surface area contributed by atoms with E-state index in [-0.39, 0.29) is 0 Å². The van der Waals surface area contributed by atoms with Gasteiger partial charge >= 0.3 is 0 Å². The molecule has 0 aliphatic rings. The number of nitrogens with zero attached hydrogens (tertiary/aromatic N) is 2. The van der Waals surface area contributed by atoms with E-state index in [1.165, 1.54) is 0 Å². The monoisotopic (exact) mass is 204 g/mol. The molecule has 0 unspecified atom stereocenters. The van der Waals surface area contributed by atoms with E-state index in [9.17, 15) is 0 Å². The summed E-state index contributed by atoms with van der Waals surface area (Å²) in [5, 5.41) is 28.4. The van der Waals surface area contributed by atoms with E-state index in [0.29, 0.717) is 0 Å². The summed E-state index contributed by atoms with van der Waals surface area (Å²) in [7, 11) is 0. The molecule has 0 aromatic rings. The predicted octanol–water partition coefficient (Wildman–Crippen LogP) is 0.0975. The van der Waals surface area contributed by atoms with Crippen LogP contribution in [-0.2, 0) is 0 Å². The standard InChI is InChI=1S/C7H15N3.HNO3/c1-4-9-7(3,6-8)10-5-2;2-1(3)4/h9-10H,4-5H2,1-3H3;(H,2,3,4). The Balaban J connectivity index is 0. The molecule has 0 atom stereocenters. The molecule has 0 fully saturated rings. The van der Waals surface area contributed by atoms with Crippen molar-refractivity contribution in [3.05, 3.63) is 10.1 Å². The van der Waals surface area contributed by atoms with Gasteiger partial charge in [-0.05, 0) is 20.0 Å². The Morgan fingerprint density at radius 1 is 1.50 bits per heavy atom. The number of hydrogen-bond acceptors (Lipinski definition) is 5. The molecule has 0 aliphatic heterocycles. The van der Waals surface area contributed by atoms with E-state index in [1.807, 2.05) is 20.8 Å². The van der Waals surface area contributed by atoms with E-state index in [4.69, 9.17) is 20.6 Å². The molecule has 0 radical (unpaired) electrons. The lowest BCUT2D eigenvalue weighted by atomic mass is 10.2. The van der Waals surface area contributed by atoms with Crippen LogP contribution in [0.2, 0.25) is 0 Å². The minimum Gasteiger partial charge on any atom is -0.328 e. The first-order chi connectivity index (χ1) is 6.41. The molecule has 0 aromatic heterocycles. The van der Waals surface area contributed by atoms with Gasteiger partial charge in [0.2, 0.25) is 0 Å². The van der Waals surface area contributed by atoms with Gasteiger partial charge in [0.15, 0.2) is 5.66 Å². The van der Waals surface area contributed by atoms with Gasteiger partial charge in [0.25, 0.3) is 5.09 Å². The maximum atomic E-state index is 8.67. The van der Waals surface area contributed by atoms with E-state index < -0.39 is 10.7 Å². The van der Waals surface area contributed by atoms with Gasteiger partial charge in [-0.15, -0.1) is 10.1 Å². The zero-order valence-corrected chi connectivity index (χ0v) is 8.57. The lowest BCUT2D eigenvalue weighted by Gasteiger charge is -2.22. The van der Waals surface area contributed by atoms with Gasteiger partial charge in [-0.2, -0.15) is 5.26 Å². The average Bonchev–Trinajstić information content (AvgIpc) is 2.04. The van der Waals surface area contributed by atoms with Crippen LogP contribution >= 0.6 is 0 Å². The summed E-state index contributed by atoms with van der Waals surface area (Å²) in [6.45, 7) is 7.40. The zero-order chi connectivity index (χ0) is 11.6. The summed E-state index contributed by atoms with van der Waals surface area (Å²) in [6.07, 6.45) is 0.